The van der Waals surface area contributed by atoms with E-state index in [1.807, 2.05) is 21.5 Å². The van der Waals surface area contributed by atoms with Crippen LogP contribution in [0.25, 0.3) is 11.2 Å². The fraction of sp³-hybridized carbons (Fsp3) is 0.182. The summed E-state index contributed by atoms with van der Waals surface area (Å²) in [6.45, 7) is 0.761. The first-order valence-corrected chi connectivity index (χ1v) is 7.08. The van der Waals surface area contributed by atoms with Gasteiger partial charge in [0.25, 0.3) is 0 Å². The zero-order valence-electron chi connectivity index (χ0n) is 9.26. The number of nitrogens with one attached hydrogen (secondary N) is 1. The highest BCUT2D eigenvalue weighted by Gasteiger charge is 2.06. The molecule has 0 saturated heterocycles. The summed E-state index contributed by atoms with van der Waals surface area (Å²) in [6.07, 6.45) is 2.47. The highest BCUT2D eigenvalue weighted by atomic mass is 35.5. The third-order valence-corrected chi connectivity index (χ3v) is 3.82. The molecule has 0 spiro atoms. The van der Waals surface area contributed by atoms with Gasteiger partial charge in [0.1, 0.15) is 0 Å². The van der Waals surface area contributed by atoms with Crippen LogP contribution in [0.3, 0.4) is 0 Å². The maximum absolute atomic E-state index is 5.90. The number of hydrogen-bond acceptors (Lipinski definition) is 4. The van der Waals surface area contributed by atoms with Crippen LogP contribution in [0.2, 0.25) is 5.02 Å². The minimum absolute atomic E-state index is 0.602. The van der Waals surface area contributed by atoms with Crippen LogP contribution in [-0.2, 0) is 13.0 Å². The van der Waals surface area contributed by atoms with Gasteiger partial charge in [-0.25, -0.2) is 9.97 Å². The van der Waals surface area contributed by atoms with E-state index in [4.69, 9.17) is 23.8 Å². The molecule has 7 heteroatoms. The quantitative estimate of drug-likeness (QED) is 0.753. The standard InChI is InChI=1S/C11H9ClN4S2/c12-7-3-9-10(13-4-7)16(11(17)15-9)2-1-8-5-18-6-14-8/h3-6H,1-2H2,(H,15,17). The van der Waals surface area contributed by atoms with Crippen LogP contribution >= 0.6 is 35.2 Å². The Balaban J connectivity index is 1.96. The van der Waals surface area contributed by atoms with Crippen molar-refractivity contribution < 1.29 is 0 Å². The molecule has 0 bridgehead atoms. The Kier molecular flexibility index (Phi) is 3.15. The number of pyridine rings is 1. The second-order valence-electron chi connectivity index (χ2n) is 3.84. The van der Waals surface area contributed by atoms with E-state index in [0.29, 0.717) is 9.79 Å². The topological polar surface area (TPSA) is 46.5 Å². The number of nitrogens with zero attached hydrogens (tertiary/aromatic N) is 3. The van der Waals surface area contributed by atoms with Gasteiger partial charge in [0.2, 0.25) is 0 Å². The Morgan fingerprint density at radius 3 is 3.11 bits per heavy atom. The number of aryl methyl sites for hydroxylation is 2. The molecule has 3 heterocycles. The van der Waals surface area contributed by atoms with Gasteiger partial charge in [-0.2, -0.15) is 0 Å². The monoisotopic (exact) mass is 296 g/mol. The minimum Gasteiger partial charge on any atom is -0.329 e. The number of rotatable bonds is 3. The van der Waals surface area contributed by atoms with Gasteiger partial charge in [0.15, 0.2) is 10.4 Å². The fourth-order valence-corrected chi connectivity index (χ4v) is 2.85. The van der Waals surface area contributed by atoms with Gasteiger partial charge >= 0.3 is 0 Å². The Labute approximate surface area is 117 Å². The molecule has 3 aromatic rings. The molecular weight excluding hydrogens is 288 g/mol. The molecule has 4 nitrogen and oxygen atoms in total. The van der Waals surface area contributed by atoms with Gasteiger partial charge in [-0.3, -0.25) is 0 Å². The average molecular weight is 297 g/mol. The molecule has 0 atom stereocenters. The number of aromatic amines is 1. The number of imidazole rings is 1. The maximum Gasteiger partial charge on any atom is 0.179 e. The van der Waals surface area contributed by atoms with Crippen LogP contribution < -0.4 is 0 Å². The van der Waals surface area contributed by atoms with Crippen molar-refractivity contribution in [1.29, 1.82) is 0 Å². The van der Waals surface area contributed by atoms with E-state index in [1.54, 1.807) is 17.5 Å². The molecular formula is C11H9ClN4S2. The molecule has 0 fully saturated rings. The summed E-state index contributed by atoms with van der Waals surface area (Å²) >= 11 is 12.8. The normalized spacial score (nSPS) is 11.2. The predicted molar refractivity (Wildman–Crippen MR) is 75.7 cm³/mol. The SMILES string of the molecule is S=c1[nH]c2cc(Cl)cnc2n1CCc1cscn1. The molecule has 3 rings (SSSR count). The van der Waals surface area contributed by atoms with Gasteiger partial charge in [-0.05, 0) is 18.3 Å². The second-order valence-corrected chi connectivity index (χ2v) is 5.38. The lowest BCUT2D eigenvalue weighted by Gasteiger charge is -2.01. The van der Waals surface area contributed by atoms with Crippen molar-refractivity contribution in [2.24, 2.45) is 0 Å². The lowest BCUT2D eigenvalue weighted by Crippen LogP contribution is -2.02. The molecule has 0 saturated carbocycles. The number of aromatic nitrogens is 4. The van der Waals surface area contributed by atoms with Crippen molar-refractivity contribution in [3.63, 3.8) is 0 Å². The van der Waals surface area contributed by atoms with Crippen LogP contribution in [0.4, 0.5) is 0 Å². The molecule has 92 valence electrons. The summed E-state index contributed by atoms with van der Waals surface area (Å²) in [6, 6.07) is 1.83. The molecule has 0 aliphatic heterocycles. The Hall–Kier alpha value is -1.24. The Morgan fingerprint density at radius 2 is 2.33 bits per heavy atom. The average Bonchev–Trinajstić information content (AvgIpc) is 2.93. The number of thiazole rings is 1. The maximum atomic E-state index is 5.90. The summed E-state index contributed by atoms with van der Waals surface area (Å²) in [4.78, 5) is 11.7. The van der Waals surface area contributed by atoms with E-state index in [0.717, 1.165) is 29.8 Å². The van der Waals surface area contributed by atoms with Crippen molar-refractivity contribution in [2.45, 2.75) is 13.0 Å². The van der Waals surface area contributed by atoms with Crippen molar-refractivity contribution in [3.05, 3.63) is 38.6 Å². The second kappa shape index (κ2) is 4.79. The van der Waals surface area contributed by atoms with Crippen LogP contribution in [0.5, 0.6) is 0 Å². The van der Waals surface area contributed by atoms with Crippen molar-refractivity contribution in [1.82, 2.24) is 19.5 Å². The number of fused-ring (bicyclic) bond motifs is 1. The van der Waals surface area contributed by atoms with Crippen molar-refractivity contribution in [3.8, 4) is 0 Å². The minimum atomic E-state index is 0.602. The first-order valence-electron chi connectivity index (χ1n) is 5.35. The van der Waals surface area contributed by atoms with Crippen LogP contribution in [-0.4, -0.2) is 19.5 Å². The highest BCUT2D eigenvalue weighted by Crippen LogP contribution is 2.17. The first-order chi connectivity index (χ1) is 8.74. The molecule has 0 amide bonds. The van der Waals surface area contributed by atoms with Gasteiger partial charge in [0.05, 0.1) is 21.7 Å². The van der Waals surface area contributed by atoms with Crippen LogP contribution in [0.1, 0.15) is 5.69 Å². The lowest BCUT2D eigenvalue weighted by atomic mass is 10.3. The summed E-state index contributed by atoms with van der Waals surface area (Å²) in [7, 11) is 0. The van der Waals surface area contributed by atoms with Crippen molar-refractivity contribution >= 4 is 46.3 Å². The Bertz CT molecular complexity index is 729. The summed E-state index contributed by atoms with van der Waals surface area (Å²) < 4.78 is 2.63. The van der Waals surface area contributed by atoms with E-state index in [9.17, 15) is 0 Å². The smallest absolute Gasteiger partial charge is 0.179 e. The number of halogens is 1. The summed E-state index contributed by atoms with van der Waals surface area (Å²) in [5.41, 5.74) is 4.61. The van der Waals surface area contributed by atoms with E-state index in [1.165, 1.54) is 0 Å². The van der Waals surface area contributed by atoms with E-state index >= 15 is 0 Å². The molecule has 0 aromatic carbocycles. The third kappa shape index (κ3) is 2.19. The highest BCUT2D eigenvalue weighted by molar-refractivity contribution is 7.71. The summed E-state index contributed by atoms with van der Waals surface area (Å²) in [5.74, 6) is 0. The lowest BCUT2D eigenvalue weighted by molar-refractivity contribution is 0.692. The first kappa shape index (κ1) is 11.8. The van der Waals surface area contributed by atoms with Gasteiger partial charge in [-0.1, -0.05) is 11.6 Å². The summed E-state index contributed by atoms with van der Waals surface area (Å²) in [5, 5.41) is 2.65. The zero-order valence-corrected chi connectivity index (χ0v) is 11.6. The molecule has 3 aromatic heterocycles. The molecule has 1 N–H and O–H groups in total. The molecule has 0 aliphatic rings. The van der Waals surface area contributed by atoms with Crippen LogP contribution in [0, 0.1) is 4.77 Å². The van der Waals surface area contributed by atoms with E-state index < -0.39 is 0 Å². The largest absolute Gasteiger partial charge is 0.329 e. The van der Waals surface area contributed by atoms with Gasteiger partial charge < -0.3 is 9.55 Å². The molecule has 18 heavy (non-hydrogen) atoms. The third-order valence-electron chi connectivity index (χ3n) is 2.65. The Morgan fingerprint density at radius 1 is 1.44 bits per heavy atom. The van der Waals surface area contributed by atoms with Gasteiger partial charge in [0, 0.05) is 24.5 Å². The van der Waals surface area contributed by atoms with E-state index in [-0.39, 0.29) is 0 Å². The van der Waals surface area contributed by atoms with Gasteiger partial charge in [-0.15, -0.1) is 11.3 Å². The van der Waals surface area contributed by atoms with Crippen molar-refractivity contribution in [2.75, 3.05) is 0 Å². The number of hydrogen-bond donors (Lipinski definition) is 1. The van der Waals surface area contributed by atoms with E-state index in [2.05, 4.69) is 15.0 Å². The predicted octanol–water partition coefficient (Wildman–Crippen LogP) is 3.45. The molecule has 0 unspecified atom stereocenters. The van der Waals surface area contributed by atoms with Crippen LogP contribution in [0.15, 0.2) is 23.2 Å². The number of H-pyrrole nitrogens is 1. The fourth-order valence-electron chi connectivity index (χ4n) is 1.81. The zero-order chi connectivity index (χ0) is 12.5. The molecule has 0 aliphatic carbocycles. The molecule has 0 radical (unpaired) electrons.